The van der Waals surface area contributed by atoms with E-state index in [0.717, 1.165) is 17.4 Å². The van der Waals surface area contributed by atoms with Gasteiger partial charge in [-0.2, -0.15) is 5.10 Å². The minimum atomic E-state index is 0.694. The second-order valence-electron chi connectivity index (χ2n) is 2.46. The predicted molar refractivity (Wildman–Crippen MR) is 49.0 cm³/mol. The Morgan fingerprint density at radius 1 is 1.38 bits per heavy atom. The van der Waals surface area contributed by atoms with Crippen LogP contribution in [-0.2, 0) is 13.1 Å². The highest BCUT2D eigenvalue weighted by Crippen LogP contribution is 2.02. The van der Waals surface area contributed by atoms with Crippen LogP contribution in [0.3, 0.4) is 0 Å². The van der Waals surface area contributed by atoms with Gasteiger partial charge in [-0.15, -0.1) is 11.3 Å². The van der Waals surface area contributed by atoms with Gasteiger partial charge in [0.05, 0.1) is 6.54 Å². The zero-order valence-electron chi connectivity index (χ0n) is 6.90. The first-order valence-corrected chi connectivity index (χ1v) is 4.76. The summed E-state index contributed by atoms with van der Waals surface area (Å²) in [6.07, 6.45) is 3.30. The van der Waals surface area contributed by atoms with Gasteiger partial charge in [-0.1, -0.05) is 0 Å². The molecule has 0 saturated heterocycles. The molecule has 0 fully saturated rings. The Bertz CT molecular complexity index is 293. The van der Waals surface area contributed by atoms with Crippen molar-refractivity contribution in [2.75, 3.05) is 0 Å². The Kier molecular flexibility index (Phi) is 2.63. The summed E-state index contributed by atoms with van der Waals surface area (Å²) in [5.74, 6) is 0.844. The van der Waals surface area contributed by atoms with Crippen molar-refractivity contribution in [3.8, 4) is 0 Å². The van der Waals surface area contributed by atoms with Crippen LogP contribution in [0.4, 0.5) is 0 Å². The van der Waals surface area contributed by atoms with Crippen molar-refractivity contribution < 1.29 is 0 Å². The number of hydrogen-bond donors (Lipinski definition) is 2. The molecule has 2 rings (SSSR count). The molecule has 0 aromatic carbocycles. The zero-order valence-corrected chi connectivity index (χ0v) is 7.71. The molecule has 6 heteroatoms. The fourth-order valence-corrected chi connectivity index (χ4v) is 1.53. The molecule has 0 aliphatic heterocycles. The van der Waals surface area contributed by atoms with Crippen LogP contribution in [0.1, 0.15) is 10.8 Å². The molecule has 0 saturated carbocycles. The Morgan fingerprint density at radius 3 is 3.08 bits per heavy atom. The molecule has 0 radical (unpaired) electrons. The van der Waals surface area contributed by atoms with Crippen LogP contribution >= 0.6 is 11.3 Å². The fourth-order valence-electron chi connectivity index (χ4n) is 0.944. The first-order chi connectivity index (χ1) is 6.45. The van der Waals surface area contributed by atoms with E-state index in [0.29, 0.717) is 6.54 Å². The lowest BCUT2D eigenvalue weighted by Gasteiger charge is -1.97. The van der Waals surface area contributed by atoms with Crippen LogP contribution in [0.5, 0.6) is 0 Å². The number of aromatic nitrogens is 4. The van der Waals surface area contributed by atoms with E-state index >= 15 is 0 Å². The van der Waals surface area contributed by atoms with Crippen molar-refractivity contribution in [2.45, 2.75) is 13.1 Å². The molecule has 5 nitrogen and oxygen atoms in total. The zero-order chi connectivity index (χ0) is 8.93. The van der Waals surface area contributed by atoms with Crippen LogP contribution in [0.15, 0.2) is 17.9 Å². The highest BCUT2D eigenvalue weighted by molar-refractivity contribution is 7.09. The average molecular weight is 195 g/mol. The lowest BCUT2D eigenvalue weighted by atomic mass is 10.5. The van der Waals surface area contributed by atoms with Crippen molar-refractivity contribution in [3.63, 3.8) is 0 Å². The van der Waals surface area contributed by atoms with E-state index in [-0.39, 0.29) is 0 Å². The van der Waals surface area contributed by atoms with Gasteiger partial charge in [-0.05, 0) is 0 Å². The van der Waals surface area contributed by atoms with Crippen LogP contribution < -0.4 is 5.32 Å². The van der Waals surface area contributed by atoms with Gasteiger partial charge in [0.15, 0.2) is 0 Å². The molecular formula is C7H9N5S. The van der Waals surface area contributed by atoms with Crippen LogP contribution in [0.2, 0.25) is 0 Å². The van der Waals surface area contributed by atoms with E-state index in [4.69, 9.17) is 0 Å². The number of nitrogens with zero attached hydrogens (tertiary/aromatic N) is 3. The first-order valence-electron chi connectivity index (χ1n) is 3.88. The normalized spacial score (nSPS) is 10.5. The van der Waals surface area contributed by atoms with Gasteiger partial charge in [0.1, 0.15) is 17.2 Å². The van der Waals surface area contributed by atoms with Gasteiger partial charge in [0, 0.05) is 18.1 Å². The van der Waals surface area contributed by atoms with Gasteiger partial charge in [-0.3, -0.25) is 5.10 Å². The molecular weight excluding hydrogens is 186 g/mol. The van der Waals surface area contributed by atoms with Gasteiger partial charge in [0.2, 0.25) is 0 Å². The quantitative estimate of drug-likeness (QED) is 0.747. The van der Waals surface area contributed by atoms with Crippen molar-refractivity contribution in [2.24, 2.45) is 0 Å². The molecule has 0 bridgehead atoms. The van der Waals surface area contributed by atoms with E-state index in [1.807, 2.05) is 5.38 Å². The van der Waals surface area contributed by atoms with E-state index in [1.54, 1.807) is 17.5 Å². The summed E-state index contributed by atoms with van der Waals surface area (Å²) in [5.41, 5.74) is 0. The van der Waals surface area contributed by atoms with Crippen molar-refractivity contribution in [1.29, 1.82) is 0 Å². The largest absolute Gasteiger partial charge is 0.303 e. The monoisotopic (exact) mass is 195 g/mol. The number of hydrogen-bond acceptors (Lipinski definition) is 5. The van der Waals surface area contributed by atoms with E-state index in [1.165, 1.54) is 6.33 Å². The third-order valence-corrected chi connectivity index (χ3v) is 2.30. The fraction of sp³-hybridized carbons (Fsp3) is 0.286. The second-order valence-corrected chi connectivity index (χ2v) is 3.44. The maximum absolute atomic E-state index is 4.14. The van der Waals surface area contributed by atoms with Crippen LogP contribution in [-0.4, -0.2) is 20.2 Å². The standard InChI is InChI=1S/C7H9N5S/c1-2-13-7(9-1)4-8-3-6-10-5-11-12-6/h1-2,5,8H,3-4H2,(H,10,11,12). The summed E-state index contributed by atoms with van der Waals surface area (Å²) < 4.78 is 0. The molecule has 0 amide bonds. The minimum absolute atomic E-state index is 0.694. The number of nitrogens with one attached hydrogen (secondary N) is 2. The summed E-state index contributed by atoms with van der Waals surface area (Å²) in [6.45, 7) is 1.47. The summed E-state index contributed by atoms with van der Waals surface area (Å²) in [6, 6.07) is 0. The van der Waals surface area contributed by atoms with E-state index < -0.39 is 0 Å². The molecule has 2 N–H and O–H groups in total. The number of H-pyrrole nitrogens is 1. The smallest absolute Gasteiger partial charge is 0.138 e. The molecule has 2 aromatic rings. The van der Waals surface area contributed by atoms with Gasteiger partial charge in [0.25, 0.3) is 0 Å². The minimum Gasteiger partial charge on any atom is -0.303 e. The van der Waals surface area contributed by atoms with Crippen molar-refractivity contribution in [3.05, 3.63) is 28.7 Å². The van der Waals surface area contributed by atoms with Gasteiger partial charge in [-0.25, -0.2) is 9.97 Å². The number of aromatic amines is 1. The molecule has 0 aliphatic carbocycles. The Labute approximate surface area is 79.2 Å². The van der Waals surface area contributed by atoms with Crippen LogP contribution in [0, 0.1) is 0 Å². The number of thiazole rings is 1. The molecule has 0 spiro atoms. The predicted octanol–water partition coefficient (Wildman–Crippen LogP) is 0.551. The van der Waals surface area contributed by atoms with E-state index in [2.05, 4.69) is 25.5 Å². The highest BCUT2D eigenvalue weighted by atomic mass is 32.1. The second kappa shape index (κ2) is 4.11. The summed E-state index contributed by atoms with van der Waals surface area (Å²) >= 11 is 1.64. The third kappa shape index (κ3) is 2.33. The summed E-state index contributed by atoms with van der Waals surface area (Å²) in [5, 5.41) is 12.8. The molecule has 2 aromatic heterocycles. The lowest BCUT2D eigenvalue weighted by Crippen LogP contribution is -2.13. The first kappa shape index (κ1) is 8.33. The SMILES string of the molecule is c1n[nH]c(CNCc2nccs2)n1. The van der Waals surface area contributed by atoms with Gasteiger partial charge < -0.3 is 5.32 Å². The lowest BCUT2D eigenvalue weighted by molar-refractivity contribution is 0.662. The number of rotatable bonds is 4. The third-order valence-electron chi connectivity index (χ3n) is 1.52. The maximum Gasteiger partial charge on any atom is 0.138 e. The van der Waals surface area contributed by atoms with E-state index in [9.17, 15) is 0 Å². The average Bonchev–Trinajstić information content (AvgIpc) is 2.75. The molecule has 68 valence electrons. The molecule has 2 heterocycles. The Morgan fingerprint density at radius 2 is 2.38 bits per heavy atom. The highest BCUT2D eigenvalue weighted by Gasteiger charge is 1.96. The molecule has 13 heavy (non-hydrogen) atoms. The summed E-state index contributed by atoms with van der Waals surface area (Å²) in [7, 11) is 0. The topological polar surface area (TPSA) is 66.5 Å². The van der Waals surface area contributed by atoms with Crippen molar-refractivity contribution in [1.82, 2.24) is 25.5 Å². The molecule has 0 unspecified atom stereocenters. The van der Waals surface area contributed by atoms with Crippen molar-refractivity contribution >= 4 is 11.3 Å². The van der Waals surface area contributed by atoms with Crippen LogP contribution in [0.25, 0.3) is 0 Å². The summed E-state index contributed by atoms with van der Waals surface area (Å²) in [4.78, 5) is 8.13. The Hall–Kier alpha value is -1.27. The molecule has 0 atom stereocenters. The Balaban J connectivity index is 1.76. The molecule has 0 aliphatic rings. The maximum atomic E-state index is 4.14. The van der Waals surface area contributed by atoms with Gasteiger partial charge >= 0.3 is 0 Å².